The highest BCUT2D eigenvalue weighted by Crippen LogP contribution is 2.51. The van der Waals surface area contributed by atoms with Crippen molar-refractivity contribution < 1.29 is 33.0 Å². The Bertz CT molecular complexity index is 1690. The molecule has 0 spiro atoms. The number of hydrogen-bond donors (Lipinski definition) is 1. The Morgan fingerprint density at radius 3 is 1.87 bits per heavy atom. The molecule has 3 heterocycles. The van der Waals surface area contributed by atoms with Crippen LogP contribution in [0.15, 0.2) is 90.5 Å². The molecule has 5 rings (SSSR count). The predicted molar refractivity (Wildman–Crippen MR) is 182 cm³/mol. The second-order valence-corrected chi connectivity index (χ2v) is 12.9. The van der Waals surface area contributed by atoms with Gasteiger partial charge in [0.25, 0.3) is 0 Å². The van der Waals surface area contributed by atoms with Gasteiger partial charge in [-0.15, -0.1) is 0 Å². The number of benzene rings is 2. The molecule has 1 saturated heterocycles. The zero-order valence-corrected chi connectivity index (χ0v) is 28.2. The molecular formula is C36H42N3O7P. The van der Waals surface area contributed by atoms with E-state index in [1.54, 1.807) is 19.9 Å². The quantitative estimate of drug-likeness (QED) is 0.157. The topological polar surface area (TPSA) is 120 Å². The maximum Gasteiger partial charge on any atom is 0.407 e. The SMILES string of the molecule is CCOP(=O)(Cc1cccc(Oc2cccc(C)n2)c1)OCC.Cc1cccc(Oc2cccc(C=C3CCN(C(=O)O)CC3)c2)n1. The van der Waals surface area contributed by atoms with Gasteiger partial charge in [-0.2, -0.15) is 0 Å². The Morgan fingerprint density at radius 2 is 1.34 bits per heavy atom. The first-order chi connectivity index (χ1) is 22.6. The second-order valence-electron chi connectivity index (χ2n) is 10.8. The van der Waals surface area contributed by atoms with Crippen molar-refractivity contribution in [3.63, 3.8) is 0 Å². The smallest absolute Gasteiger partial charge is 0.407 e. The molecule has 0 bridgehead atoms. The van der Waals surface area contributed by atoms with E-state index in [2.05, 4.69) is 16.0 Å². The number of amides is 1. The molecule has 0 saturated carbocycles. The lowest BCUT2D eigenvalue weighted by Gasteiger charge is -2.25. The molecule has 2 aromatic heterocycles. The first kappa shape index (κ1) is 35.4. The third-order valence-corrected chi connectivity index (χ3v) is 9.06. The molecule has 47 heavy (non-hydrogen) atoms. The van der Waals surface area contributed by atoms with E-state index in [-0.39, 0.29) is 6.16 Å². The molecule has 0 atom stereocenters. The van der Waals surface area contributed by atoms with Crippen LogP contribution in [-0.4, -0.2) is 52.4 Å². The van der Waals surface area contributed by atoms with Crippen LogP contribution in [0.5, 0.6) is 23.3 Å². The second kappa shape index (κ2) is 17.4. The third kappa shape index (κ3) is 11.7. The molecule has 0 radical (unpaired) electrons. The van der Waals surface area contributed by atoms with Crippen molar-refractivity contribution >= 4 is 19.8 Å². The first-order valence-corrected chi connectivity index (χ1v) is 17.3. The third-order valence-electron chi connectivity index (χ3n) is 7.00. The van der Waals surface area contributed by atoms with Crippen LogP contribution in [0.3, 0.4) is 0 Å². The Labute approximate surface area is 276 Å². The van der Waals surface area contributed by atoms with Gasteiger partial charge in [-0.1, -0.05) is 48.0 Å². The van der Waals surface area contributed by atoms with Gasteiger partial charge in [0.05, 0.1) is 19.4 Å². The van der Waals surface area contributed by atoms with Crippen molar-refractivity contribution in [1.82, 2.24) is 14.9 Å². The highest BCUT2D eigenvalue weighted by molar-refractivity contribution is 7.53. The number of likely N-dealkylation sites (tertiary alicyclic amines) is 1. The minimum absolute atomic E-state index is 0.215. The van der Waals surface area contributed by atoms with Crippen molar-refractivity contribution in [2.75, 3.05) is 26.3 Å². The largest absolute Gasteiger partial charge is 0.465 e. The zero-order valence-electron chi connectivity index (χ0n) is 27.3. The lowest BCUT2D eigenvalue weighted by Crippen LogP contribution is -2.35. The van der Waals surface area contributed by atoms with E-state index < -0.39 is 13.7 Å². The van der Waals surface area contributed by atoms with Gasteiger partial charge < -0.3 is 28.5 Å². The van der Waals surface area contributed by atoms with Gasteiger partial charge in [0.2, 0.25) is 11.8 Å². The van der Waals surface area contributed by atoms with E-state index in [1.165, 1.54) is 10.5 Å². The molecule has 248 valence electrons. The summed E-state index contributed by atoms with van der Waals surface area (Å²) < 4.78 is 34.8. The summed E-state index contributed by atoms with van der Waals surface area (Å²) in [6.07, 6.45) is 3.05. The van der Waals surface area contributed by atoms with Gasteiger partial charge in [-0.3, -0.25) is 4.57 Å². The average molecular weight is 660 g/mol. The first-order valence-electron chi connectivity index (χ1n) is 15.6. The average Bonchev–Trinajstić information content (AvgIpc) is 3.02. The lowest BCUT2D eigenvalue weighted by atomic mass is 10.0. The number of rotatable bonds is 11. The van der Waals surface area contributed by atoms with Gasteiger partial charge >= 0.3 is 13.7 Å². The molecule has 2 aromatic carbocycles. The summed E-state index contributed by atoms with van der Waals surface area (Å²) in [6, 6.07) is 26.5. The van der Waals surface area contributed by atoms with Crippen molar-refractivity contribution in [1.29, 1.82) is 0 Å². The number of piperidine rings is 1. The Balaban J connectivity index is 0.000000213. The van der Waals surface area contributed by atoms with E-state index in [1.807, 2.05) is 92.7 Å². The Hall–Kier alpha value is -4.50. The normalized spacial score (nSPS) is 12.9. The summed E-state index contributed by atoms with van der Waals surface area (Å²) in [5.41, 5.74) is 4.95. The highest BCUT2D eigenvalue weighted by atomic mass is 31.2. The van der Waals surface area contributed by atoms with Crippen LogP contribution >= 0.6 is 7.60 Å². The number of carbonyl (C=O) groups is 1. The minimum atomic E-state index is -3.12. The summed E-state index contributed by atoms with van der Waals surface area (Å²) in [5.74, 6) is 2.49. The molecule has 1 N–H and O–H groups in total. The number of nitrogens with zero attached hydrogens (tertiary/aromatic N) is 3. The lowest BCUT2D eigenvalue weighted by molar-refractivity contribution is 0.142. The fraction of sp³-hybridized carbons (Fsp3) is 0.306. The summed E-state index contributed by atoms with van der Waals surface area (Å²) in [7, 11) is -3.12. The number of pyridine rings is 2. The minimum Gasteiger partial charge on any atom is -0.465 e. The summed E-state index contributed by atoms with van der Waals surface area (Å²) in [4.78, 5) is 21.0. The van der Waals surface area contributed by atoms with E-state index in [4.69, 9.17) is 23.6 Å². The van der Waals surface area contributed by atoms with Crippen LogP contribution in [0.4, 0.5) is 4.79 Å². The van der Waals surface area contributed by atoms with E-state index in [0.29, 0.717) is 43.8 Å². The van der Waals surface area contributed by atoms with Crippen LogP contribution < -0.4 is 9.47 Å². The molecule has 0 aliphatic carbocycles. The van der Waals surface area contributed by atoms with Gasteiger partial charge in [-0.25, -0.2) is 14.8 Å². The highest BCUT2D eigenvalue weighted by Gasteiger charge is 2.24. The number of ether oxygens (including phenoxy) is 2. The fourth-order valence-electron chi connectivity index (χ4n) is 4.88. The van der Waals surface area contributed by atoms with Gasteiger partial charge in [0.1, 0.15) is 11.5 Å². The van der Waals surface area contributed by atoms with E-state index >= 15 is 0 Å². The van der Waals surface area contributed by atoms with Crippen LogP contribution in [0.25, 0.3) is 6.08 Å². The van der Waals surface area contributed by atoms with Crippen molar-refractivity contribution in [2.24, 2.45) is 0 Å². The number of aromatic nitrogens is 2. The van der Waals surface area contributed by atoms with Crippen molar-refractivity contribution in [3.05, 3.63) is 113 Å². The maximum atomic E-state index is 12.6. The van der Waals surface area contributed by atoms with Gasteiger partial charge in [0.15, 0.2) is 0 Å². The number of hydrogen-bond acceptors (Lipinski definition) is 8. The molecule has 0 unspecified atom stereocenters. The fourth-order valence-corrected chi connectivity index (χ4v) is 6.57. The number of carboxylic acid groups (broad SMARTS) is 1. The molecular weight excluding hydrogens is 617 g/mol. The van der Waals surface area contributed by atoms with Gasteiger partial charge in [0, 0.05) is 36.6 Å². The molecule has 11 heteroatoms. The monoisotopic (exact) mass is 659 g/mol. The van der Waals surface area contributed by atoms with E-state index in [9.17, 15) is 9.36 Å². The molecule has 1 aliphatic rings. The zero-order chi connectivity index (χ0) is 33.6. The van der Waals surface area contributed by atoms with Crippen molar-refractivity contribution in [2.45, 2.75) is 46.7 Å². The van der Waals surface area contributed by atoms with Crippen LogP contribution in [0.1, 0.15) is 49.2 Å². The molecule has 1 aliphatic heterocycles. The summed E-state index contributed by atoms with van der Waals surface area (Å²) in [6.45, 7) is 9.25. The standard InChI is InChI=1S/C19H20N2O3.C17H22NO4P/c1-14-4-2-7-18(20-14)24-17-6-3-5-16(13-17)12-15-8-10-21(11-9-15)19(22)23;1-4-20-23(19,21-5-2)13-15-9-7-10-16(12-15)22-17-11-6-8-14(3)18-17/h2-7,12-13H,8-11H2,1H3,(H,22,23);6-12H,4-5,13H2,1-3H3. The van der Waals surface area contributed by atoms with E-state index in [0.717, 1.165) is 41.1 Å². The maximum absolute atomic E-state index is 12.6. The number of aryl methyl sites for hydroxylation is 2. The molecule has 1 fully saturated rings. The van der Waals surface area contributed by atoms with Crippen molar-refractivity contribution in [3.8, 4) is 23.3 Å². The van der Waals surface area contributed by atoms with Crippen LogP contribution in [0, 0.1) is 13.8 Å². The molecule has 1 amide bonds. The summed E-state index contributed by atoms with van der Waals surface area (Å²) >= 11 is 0. The molecule has 4 aromatic rings. The predicted octanol–water partition coefficient (Wildman–Crippen LogP) is 9.29. The Kier molecular flexibility index (Phi) is 13.1. The van der Waals surface area contributed by atoms with Crippen LogP contribution in [-0.2, 0) is 19.8 Å². The molecule has 10 nitrogen and oxygen atoms in total. The Morgan fingerprint density at radius 1 is 0.809 bits per heavy atom. The van der Waals surface area contributed by atoms with Crippen LogP contribution in [0.2, 0.25) is 0 Å². The van der Waals surface area contributed by atoms with Gasteiger partial charge in [-0.05, 0) is 88.1 Å². The summed E-state index contributed by atoms with van der Waals surface area (Å²) in [5, 5.41) is 8.99.